The summed E-state index contributed by atoms with van der Waals surface area (Å²) >= 11 is 0. The molecule has 0 radical (unpaired) electrons. The van der Waals surface area contributed by atoms with Crippen molar-refractivity contribution in [1.82, 2.24) is 9.88 Å². The van der Waals surface area contributed by atoms with Crippen molar-refractivity contribution in [3.05, 3.63) is 65.0 Å². The van der Waals surface area contributed by atoms with Crippen LogP contribution >= 0.6 is 0 Å². The average Bonchev–Trinajstić information content (AvgIpc) is 2.66. The summed E-state index contributed by atoms with van der Waals surface area (Å²) in [6.07, 6.45) is 1.74. The number of benzene rings is 1. The number of aromatic carboxylic acids is 1. The molecule has 0 bridgehead atoms. The van der Waals surface area contributed by atoms with Gasteiger partial charge in [0.2, 0.25) is 0 Å². The molecule has 1 fully saturated rings. The highest BCUT2D eigenvalue weighted by Gasteiger charge is 2.26. The first-order valence-corrected chi connectivity index (χ1v) is 8.70. The fourth-order valence-corrected chi connectivity index (χ4v) is 3.12. The van der Waals surface area contributed by atoms with Gasteiger partial charge in [-0.3, -0.25) is 4.79 Å². The lowest BCUT2D eigenvalue weighted by Crippen LogP contribution is -2.46. The van der Waals surface area contributed by atoms with Crippen molar-refractivity contribution in [2.75, 3.05) is 19.7 Å². The second-order valence-corrected chi connectivity index (χ2v) is 6.40. The second-order valence-electron chi connectivity index (χ2n) is 6.40. The Kier molecular flexibility index (Phi) is 5.63. The monoisotopic (exact) mass is 354 g/mol. The molecule has 0 spiro atoms. The number of rotatable bonds is 5. The van der Waals surface area contributed by atoms with Gasteiger partial charge in [-0.2, -0.15) is 0 Å². The number of hydrogen-bond donors (Lipinski definition) is 1. The maximum atomic E-state index is 12.7. The summed E-state index contributed by atoms with van der Waals surface area (Å²) in [6, 6.07) is 13.1. The number of aryl methyl sites for hydroxylation is 2. The normalized spacial score (nSPS) is 17.1. The molecule has 1 N–H and O–H groups in total. The van der Waals surface area contributed by atoms with Gasteiger partial charge < -0.3 is 14.7 Å². The summed E-state index contributed by atoms with van der Waals surface area (Å²) in [5.74, 6) is -1.22. The molecular weight excluding hydrogens is 332 g/mol. The number of carbonyl (C=O) groups excluding carboxylic acids is 1. The zero-order valence-electron chi connectivity index (χ0n) is 14.7. The highest BCUT2D eigenvalue weighted by atomic mass is 16.5. The highest BCUT2D eigenvalue weighted by Crippen LogP contribution is 2.15. The summed E-state index contributed by atoms with van der Waals surface area (Å²) < 4.78 is 5.80. The second kappa shape index (κ2) is 8.10. The average molecular weight is 354 g/mol. The zero-order valence-corrected chi connectivity index (χ0v) is 14.7. The van der Waals surface area contributed by atoms with Crippen LogP contribution in [0.4, 0.5) is 0 Å². The Hall–Kier alpha value is -2.73. The summed E-state index contributed by atoms with van der Waals surface area (Å²) in [7, 11) is 0. The Bertz CT molecular complexity index is 792. The molecule has 1 unspecified atom stereocenters. The van der Waals surface area contributed by atoms with E-state index in [2.05, 4.69) is 17.1 Å². The van der Waals surface area contributed by atoms with E-state index in [-0.39, 0.29) is 23.3 Å². The van der Waals surface area contributed by atoms with Crippen molar-refractivity contribution in [1.29, 1.82) is 0 Å². The fraction of sp³-hybridized carbons (Fsp3) is 0.350. The van der Waals surface area contributed by atoms with Crippen LogP contribution in [0.2, 0.25) is 0 Å². The van der Waals surface area contributed by atoms with Gasteiger partial charge in [-0.25, -0.2) is 9.78 Å². The Morgan fingerprint density at radius 3 is 2.69 bits per heavy atom. The molecule has 0 saturated carbocycles. The summed E-state index contributed by atoms with van der Waals surface area (Å²) in [5.41, 5.74) is 1.99. The Morgan fingerprint density at radius 2 is 2.00 bits per heavy atom. The zero-order chi connectivity index (χ0) is 18.5. The van der Waals surface area contributed by atoms with Crippen molar-refractivity contribution in [3.8, 4) is 0 Å². The molecule has 1 amide bonds. The molecule has 3 rings (SSSR count). The van der Waals surface area contributed by atoms with Gasteiger partial charge in [0.25, 0.3) is 5.91 Å². The predicted molar refractivity (Wildman–Crippen MR) is 96.3 cm³/mol. The van der Waals surface area contributed by atoms with Gasteiger partial charge in [0.15, 0.2) is 0 Å². The SMILES string of the molecule is Cc1nc(C(=O)N2CCOC(CCc3ccccc3)C2)ccc1C(=O)O. The van der Waals surface area contributed by atoms with Crippen LogP contribution in [0.5, 0.6) is 0 Å². The number of amides is 1. The number of carbonyl (C=O) groups is 2. The van der Waals surface area contributed by atoms with Crippen LogP contribution in [0.1, 0.15) is 38.5 Å². The minimum atomic E-state index is -1.04. The van der Waals surface area contributed by atoms with Gasteiger partial charge in [-0.15, -0.1) is 0 Å². The van der Waals surface area contributed by atoms with E-state index in [0.717, 1.165) is 12.8 Å². The number of carboxylic acid groups (broad SMARTS) is 1. The van der Waals surface area contributed by atoms with Crippen LogP contribution in [0, 0.1) is 6.92 Å². The van der Waals surface area contributed by atoms with Crippen LogP contribution in [-0.4, -0.2) is 52.7 Å². The van der Waals surface area contributed by atoms with Crippen molar-refractivity contribution >= 4 is 11.9 Å². The molecule has 2 heterocycles. The van der Waals surface area contributed by atoms with E-state index < -0.39 is 5.97 Å². The van der Waals surface area contributed by atoms with E-state index >= 15 is 0 Å². The molecule has 1 atom stereocenters. The van der Waals surface area contributed by atoms with Crippen LogP contribution in [0.15, 0.2) is 42.5 Å². The molecule has 1 aliphatic heterocycles. The molecule has 1 saturated heterocycles. The third-order valence-electron chi connectivity index (χ3n) is 4.56. The third kappa shape index (κ3) is 4.26. The lowest BCUT2D eigenvalue weighted by atomic mass is 10.1. The van der Waals surface area contributed by atoms with E-state index in [4.69, 9.17) is 9.84 Å². The van der Waals surface area contributed by atoms with Crippen LogP contribution in [-0.2, 0) is 11.2 Å². The number of nitrogens with zero attached hydrogens (tertiary/aromatic N) is 2. The Labute approximate surface area is 152 Å². The first kappa shape index (κ1) is 18.1. The maximum Gasteiger partial charge on any atom is 0.337 e. The lowest BCUT2D eigenvalue weighted by molar-refractivity contribution is -0.0247. The molecule has 1 aliphatic rings. The van der Waals surface area contributed by atoms with E-state index in [0.29, 0.717) is 25.4 Å². The molecular formula is C20H22N2O4. The molecule has 136 valence electrons. The molecule has 6 heteroatoms. The number of hydrogen-bond acceptors (Lipinski definition) is 4. The van der Waals surface area contributed by atoms with Crippen LogP contribution in [0.25, 0.3) is 0 Å². The van der Waals surface area contributed by atoms with Gasteiger partial charge in [0, 0.05) is 13.1 Å². The topological polar surface area (TPSA) is 79.7 Å². The van der Waals surface area contributed by atoms with E-state index in [9.17, 15) is 9.59 Å². The van der Waals surface area contributed by atoms with Crippen molar-refractivity contribution < 1.29 is 19.4 Å². The first-order chi connectivity index (χ1) is 12.5. The Morgan fingerprint density at radius 1 is 1.23 bits per heavy atom. The maximum absolute atomic E-state index is 12.7. The predicted octanol–water partition coefficient (Wildman–Crippen LogP) is 2.56. The van der Waals surface area contributed by atoms with Gasteiger partial charge in [-0.1, -0.05) is 30.3 Å². The van der Waals surface area contributed by atoms with Crippen molar-refractivity contribution in [2.24, 2.45) is 0 Å². The Balaban J connectivity index is 1.62. The summed E-state index contributed by atoms with van der Waals surface area (Å²) in [5, 5.41) is 9.08. The number of ether oxygens (including phenoxy) is 1. The molecule has 1 aromatic heterocycles. The number of pyridine rings is 1. The highest BCUT2D eigenvalue weighted by molar-refractivity contribution is 5.94. The van der Waals surface area contributed by atoms with Gasteiger partial charge in [-0.05, 0) is 37.5 Å². The largest absolute Gasteiger partial charge is 0.478 e. The standard InChI is InChI=1S/C20H22N2O4/c1-14-17(20(24)25)9-10-18(21-14)19(23)22-11-12-26-16(13-22)8-7-15-5-3-2-4-6-15/h2-6,9-10,16H,7-8,11-13H2,1H3,(H,24,25). The number of aromatic nitrogens is 1. The van der Waals surface area contributed by atoms with Crippen molar-refractivity contribution in [3.63, 3.8) is 0 Å². The smallest absolute Gasteiger partial charge is 0.337 e. The van der Waals surface area contributed by atoms with Gasteiger partial charge >= 0.3 is 5.97 Å². The van der Waals surface area contributed by atoms with Crippen LogP contribution in [0.3, 0.4) is 0 Å². The number of morpholine rings is 1. The molecule has 2 aromatic rings. The third-order valence-corrected chi connectivity index (χ3v) is 4.56. The minimum absolute atomic E-state index is 0.00713. The van der Waals surface area contributed by atoms with Gasteiger partial charge in [0.1, 0.15) is 5.69 Å². The quantitative estimate of drug-likeness (QED) is 0.893. The molecule has 6 nitrogen and oxygen atoms in total. The molecule has 0 aliphatic carbocycles. The lowest BCUT2D eigenvalue weighted by Gasteiger charge is -2.33. The van der Waals surface area contributed by atoms with E-state index in [1.165, 1.54) is 17.7 Å². The fourth-order valence-electron chi connectivity index (χ4n) is 3.12. The van der Waals surface area contributed by atoms with Gasteiger partial charge in [0.05, 0.1) is 24.0 Å². The first-order valence-electron chi connectivity index (χ1n) is 8.70. The van der Waals surface area contributed by atoms with E-state index in [1.807, 2.05) is 18.2 Å². The van der Waals surface area contributed by atoms with E-state index in [1.54, 1.807) is 11.8 Å². The molecule has 26 heavy (non-hydrogen) atoms. The summed E-state index contributed by atoms with van der Waals surface area (Å²) in [4.78, 5) is 29.7. The van der Waals surface area contributed by atoms with Crippen molar-refractivity contribution in [2.45, 2.75) is 25.9 Å². The number of carboxylic acids is 1. The summed E-state index contributed by atoms with van der Waals surface area (Å²) in [6.45, 7) is 3.13. The minimum Gasteiger partial charge on any atom is -0.478 e. The molecule has 1 aromatic carbocycles. The van der Waals surface area contributed by atoms with Crippen LogP contribution < -0.4 is 0 Å².